The van der Waals surface area contributed by atoms with Gasteiger partial charge in [-0.05, 0) is 62.5 Å². The average Bonchev–Trinajstić information content (AvgIpc) is 3.50. The zero-order valence-electron chi connectivity index (χ0n) is 24.6. The first kappa shape index (κ1) is 31.3. The molecule has 8 nitrogen and oxygen atoms in total. The summed E-state index contributed by atoms with van der Waals surface area (Å²) in [6, 6.07) is 18.1. The van der Waals surface area contributed by atoms with Gasteiger partial charge in [-0.25, -0.2) is 4.79 Å². The molecule has 2 aromatic carbocycles. The summed E-state index contributed by atoms with van der Waals surface area (Å²) in [6.07, 6.45) is 6.99. The molecule has 0 aromatic heterocycles. The van der Waals surface area contributed by atoms with Crippen LogP contribution in [0.15, 0.2) is 60.7 Å². The molecule has 42 heavy (non-hydrogen) atoms. The third kappa shape index (κ3) is 8.91. The van der Waals surface area contributed by atoms with Crippen molar-refractivity contribution in [3.63, 3.8) is 0 Å². The third-order valence-electron chi connectivity index (χ3n) is 8.58. The molecule has 4 rings (SSSR count). The number of carbonyl (C=O) groups excluding carboxylic acids is 4. The fourth-order valence-electron chi connectivity index (χ4n) is 6.14. The van der Waals surface area contributed by atoms with E-state index in [0.29, 0.717) is 51.4 Å². The second-order valence-corrected chi connectivity index (χ2v) is 11.8. The molecule has 0 saturated heterocycles. The van der Waals surface area contributed by atoms with Crippen LogP contribution in [0.2, 0.25) is 0 Å². The van der Waals surface area contributed by atoms with Gasteiger partial charge in [0.1, 0.15) is 19.3 Å². The van der Waals surface area contributed by atoms with Crippen molar-refractivity contribution in [3.05, 3.63) is 71.8 Å². The van der Waals surface area contributed by atoms with Crippen LogP contribution in [0.25, 0.3) is 0 Å². The van der Waals surface area contributed by atoms with E-state index in [4.69, 9.17) is 9.47 Å². The summed E-state index contributed by atoms with van der Waals surface area (Å²) >= 11 is 0. The Labute approximate surface area is 248 Å². The van der Waals surface area contributed by atoms with Gasteiger partial charge in [-0.3, -0.25) is 14.4 Å². The number of amides is 2. The Morgan fingerprint density at radius 1 is 0.833 bits per heavy atom. The van der Waals surface area contributed by atoms with E-state index in [-0.39, 0.29) is 49.4 Å². The zero-order chi connectivity index (χ0) is 29.8. The topological polar surface area (TPSA) is 111 Å². The number of hydrogen-bond acceptors (Lipinski definition) is 6. The molecule has 2 amide bonds. The first-order valence-corrected chi connectivity index (χ1v) is 15.4. The van der Waals surface area contributed by atoms with Crippen molar-refractivity contribution in [3.8, 4) is 0 Å². The fourth-order valence-corrected chi connectivity index (χ4v) is 6.14. The van der Waals surface area contributed by atoms with E-state index in [1.807, 2.05) is 67.6 Å². The van der Waals surface area contributed by atoms with Gasteiger partial charge in [0.15, 0.2) is 0 Å². The Balaban J connectivity index is 1.33. The van der Waals surface area contributed by atoms with Crippen LogP contribution >= 0.6 is 0 Å². The molecule has 0 spiro atoms. The molecule has 0 bridgehead atoms. The molecule has 0 aliphatic heterocycles. The average molecular weight is 577 g/mol. The summed E-state index contributed by atoms with van der Waals surface area (Å²) in [5.74, 6) is -1.15. The highest BCUT2D eigenvalue weighted by atomic mass is 16.5. The molecule has 2 saturated carbocycles. The molecule has 0 heterocycles. The number of hydrogen-bond donors (Lipinski definition) is 2. The smallest absolute Gasteiger partial charge is 0.329 e. The fraction of sp³-hybridized carbons (Fsp3) is 0.529. The summed E-state index contributed by atoms with van der Waals surface area (Å²) in [5, 5.41) is 6.11. The Morgan fingerprint density at radius 3 is 1.98 bits per heavy atom. The molecule has 2 aromatic rings. The summed E-state index contributed by atoms with van der Waals surface area (Å²) in [4.78, 5) is 52.2. The van der Waals surface area contributed by atoms with Crippen LogP contribution in [0.1, 0.15) is 88.7 Å². The number of carbonyl (C=O) groups is 4. The molecule has 2 aliphatic rings. The van der Waals surface area contributed by atoms with Crippen molar-refractivity contribution in [2.75, 3.05) is 0 Å². The van der Waals surface area contributed by atoms with Crippen LogP contribution in [0, 0.1) is 11.3 Å². The standard InChI is InChI=1S/C34H44N2O6/c1-2-11-30(37)36-29(32(39)42-24-26-14-7-4-8-15-26)22-34(20-9-10-21-34)33(40)35-28-18-16-27(17-19-28)31(38)41-23-25-12-5-3-6-13-25/h3-8,12-15,27-29H,2,9-11,16-24H2,1H3,(H,35,40)(H,36,37). The van der Waals surface area contributed by atoms with Crippen LogP contribution < -0.4 is 10.6 Å². The monoisotopic (exact) mass is 576 g/mol. The van der Waals surface area contributed by atoms with Gasteiger partial charge in [0.05, 0.1) is 11.3 Å². The largest absolute Gasteiger partial charge is 0.461 e. The second kappa shape index (κ2) is 15.5. The summed E-state index contributed by atoms with van der Waals surface area (Å²) in [6.45, 7) is 2.28. The molecule has 2 aliphatic carbocycles. The summed E-state index contributed by atoms with van der Waals surface area (Å²) < 4.78 is 11.1. The maximum atomic E-state index is 13.8. The van der Waals surface area contributed by atoms with Crippen molar-refractivity contribution < 1.29 is 28.7 Å². The first-order valence-electron chi connectivity index (χ1n) is 15.4. The lowest BCUT2D eigenvalue weighted by molar-refractivity contribution is -0.151. The van der Waals surface area contributed by atoms with Crippen LogP contribution in [-0.2, 0) is 41.9 Å². The van der Waals surface area contributed by atoms with E-state index in [9.17, 15) is 19.2 Å². The molecule has 226 valence electrons. The van der Waals surface area contributed by atoms with E-state index >= 15 is 0 Å². The first-order chi connectivity index (χ1) is 20.4. The highest BCUT2D eigenvalue weighted by molar-refractivity contribution is 5.87. The van der Waals surface area contributed by atoms with E-state index in [1.54, 1.807) is 0 Å². The van der Waals surface area contributed by atoms with Crippen molar-refractivity contribution >= 4 is 23.8 Å². The molecule has 1 atom stereocenters. The highest BCUT2D eigenvalue weighted by Crippen LogP contribution is 2.43. The number of ether oxygens (including phenoxy) is 2. The third-order valence-corrected chi connectivity index (χ3v) is 8.58. The predicted molar refractivity (Wildman–Crippen MR) is 159 cm³/mol. The molecule has 2 N–H and O–H groups in total. The van der Waals surface area contributed by atoms with Crippen LogP contribution in [-0.4, -0.2) is 35.8 Å². The minimum Gasteiger partial charge on any atom is -0.461 e. The Bertz CT molecular complexity index is 1170. The minimum absolute atomic E-state index is 0.0358. The molecule has 2 fully saturated rings. The van der Waals surface area contributed by atoms with Gasteiger partial charge >= 0.3 is 11.9 Å². The van der Waals surface area contributed by atoms with Crippen molar-refractivity contribution in [1.29, 1.82) is 0 Å². The zero-order valence-corrected chi connectivity index (χ0v) is 24.6. The lowest BCUT2D eigenvalue weighted by atomic mass is 9.78. The Morgan fingerprint density at radius 2 is 1.40 bits per heavy atom. The van der Waals surface area contributed by atoms with E-state index in [2.05, 4.69) is 10.6 Å². The predicted octanol–water partition coefficient (Wildman–Crippen LogP) is 5.38. The highest BCUT2D eigenvalue weighted by Gasteiger charge is 2.45. The SMILES string of the molecule is CCCC(=O)NC(CC1(C(=O)NC2CCC(C(=O)OCc3ccccc3)CC2)CCCC1)C(=O)OCc1ccccc1. The summed E-state index contributed by atoms with van der Waals surface area (Å²) in [7, 11) is 0. The molecular formula is C34H44N2O6. The number of benzene rings is 2. The van der Waals surface area contributed by atoms with Gasteiger partial charge < -0.3 is 20.1 Å². The van der Waals surface area contributed by atoms with E-state index in [0.717, 1.165) is 24.0 Å². The quantitative estimate of drug-likeness (QED) is 0.310. The Hall–Kier alpha value is -3.68. The van der Waals surface area contributed by atoms with Gasteiger partial charge in [0.25, 0.3) is 0 Å². The van der Waals surface area contributed by atoms with Crippen LogP contribution in [0.3, 0.4) is 0 Å². The van der Waals surface area contributed by atoms with Crippen molar-refractivity contribution in [1.82, 2.24) is 10.6 Å². The van der Waals surface area contributed by atoms with Crippen molar-refractivity contribution in [2.24, 2.45) is 11.3 Å². The van der Waals surface area contributed by atoms with Crippen molar-refractivity contribution in [2.45, 2.75) is 103 Å². The normalized spacial score (nSPS) is 20.2. The van der Waals surface area contributed by atoms with Gasteiger partial charge in [-0.1, -0.05) is 80.4 Å². The van der Waals surface area contributed by atoms with Gasteiger partial charge in [-0.2, -0.15) is 0 Å². The van der Waals surface area contributed by atoms with Crippen LogP contribution in [0.5, 0.6) is 0 Å². The van der Waals surface area contributed by atoms with Gasteiger partial charge in [0.2, 0.25) is 11.8 Å². The maximum absolute atomic E-state index is 13.8. The number of nitrogens with one attached hydrogen (secondary N) is 2. The van der Waals surface area contributed by atoms with E-state index in [1.165, 1.54) is 0 Å². The summed E-state index contributed by atoms with van der Waals surface area (Å²) in [5.41, 5.74) is 1.07. The second-order valence-electron chi connectivity index (χ2n) is 11.8. The lowest BCUT2D eigenvalue weighted by Crippen LogP contribution is -2.51. The molecule has 8 heteroatoms. The van der Waals surface area contributed by atoms with Crippen LogP contribution in [0.4, 0.5) is 0 Å². The number of rotatable bonds is 13. The molecule has 0 radical (unpaired) electrons. The Kier molecular flexibility index (Phi) is 11.6. The maximum Gasteiger partial charge on any atom is 0.329 e. The molecular weight excluding hydrogens is 532 g/mol. The van der Waals surface area contributed by atoms with Gasteiger partial charge in [0, 0.05) is 12.5 Å². The lowest BCUT2D eigenvalue weighted by Gasteiger charge is -2.35. The number of esters is 2. The minimum atomic E-state index is -0.897. The van der Waals surface area contributed by atoms with Gasteiger partial charge in [-0.15, -0.1) is 0 Å². The molecule has 1 unspecified atom stereocenters. The van der Waals surface area contributed by atoms with E-state index < -0.39 is 17.4 Å².